The van der Waals surface area contributed by atoms with Gasteiger partial charge in [0.05, 0.1) is 12.6 Å². The molecule has 0 aliphatic carbocycles. The van der Waals surface area contributed by atoms with Gasteiger partial charge in [-0.3, -0.25) is 38.4 Å². The van der Waals surface area contributed by atoms with E-state index in [-0.39, 0.29) is 31.8 Å². The van der Waals surface area contributed by atoms with Crippen LogP contribution in [-0.4, -0.2) is 130 Å². The number of amides is 8. The number of aliphatic hydroxyl groups excluding tert-OH is 1. The van der Waals surface area contributed by atoms with Gasteiger partial charge in [0.2, 0.25) is 47.3 Å². The molecule has 8 amide bonds. The molecule has 1 aromatic carbocycles. The Hall–Kier alpha value is -5.06. The van der Waals surface area contributed by atoms with Gasteiger partial charge in [-0.05, 0) is 64.4 Å². The SMILES string of the molecule is CC(C)C[C@@H]1NC(=O)CNC(=O)[C@H](C)NC(=O)[C@@H]2CCCN2C(=O)[C@@H]2CCCN2C(=O)[C@@H](Cc2ccccc2)NC(=O)[C@H]([C@@H](C)O)NC(=O)[C@H](C)NC1=O. The van der Waals surface area contributed by atoms with Crippen LogP contribution in [0, 0.1) is 5.92 Å². The van der Waals surface area contributed by atoms with Crippen molar-refractivity contribution in [2.24, 2.45) is 5.92 Å². The molecule has 8 atom stereocenters. The summed E-state index contributed by atoms with van der Waals surface area (Å²) in [5.41, 5.74) is 0.706. The first-order valence-corrected chi connectivity index (χ1v) is 18.7. The molecule has 3 fully saturated rings. The van der Waals surface area contributed by atoms with Crippen LogP contribution in [0.15, 0.2) is 30.3 Å². The number of aliphatic hydroxyl groups is 1. The summed E-state index contributed by atoms with van der Waals surface area (Å²) in [6.07, 6.45) is 0.492. The van der Waals surface area contributed by atoms with Gasteiger partial charge in [0.25, 0.3) is 0 Å². The third kappa shape index (κ3) is 10.8. The van der Waals surface area contributed by atoms with Gasteiger partial charge >= 0.3 is 0 Å². The van der Waals surface area contributed by atoms with Gasteiger partial charge < -0.3 is 46.8 Å². The molecule has 17 nitrogen and oxygen atoms in total. The van der Waals surface area contributed by atoms with Gasteiger partial charge in [-0.1, -0.05) is 44.2 Å². The Morgan fingerprint density at radius 3 is 1.89 bits per heavy atom. The highest BCUT2D eigenvalue weighted by Gasteiger charge is 2.44. The van der Waals surface area contributed by atoms with Crippen LogP contribution >= 0.6 is 0 Å². The molecule has 54 heavy (non-hydrogen) atoms. The van der Waals surface area contributed by atoms with Crippen LogP contribution in [0.4, 0.5) is 0 Å². The highest BCUT2D eigenvalue weighted by molar-refractivity contribution is 5.98. The minimum absolute atomic E-state index is 0.0351. The second-order valence-corrected chi connectivity index (χ2v) is 14.8. The molecule has 0 unspecified atom stereocenters. The lowest BCUT2D eigenvalue weighted by Crippen LogP contribution is -2.61. The summed E-state index contributed by atoms with van der Waals surface area (Å²) < 4.78 is 0. The summed E-state index contributed by atoms with van der Waals surface area (Å²) >= 11 is 0. The fourth-order valence-electron chi connectivity index (χ4n) is 7.00. The van der Waals surface area contributed by atoms with Gasteiger partial charge in [0, 0.05) is 19.5 Å². The lowest BCUT2D eigenvalue weighted by Gasteiger charge is -2.33. The van der Waals surface area contributed by atoms with Crippen LogP contribution in [-0.2, 0) is 44.8 Å². The molecule has 0 radical (unpaired) electrons. The van der Waals surface area contributed by atoms with Crippen LogP contribution in [0.2, 0.25) is 0 Å². The summed E-state index contributed by atoms with van der Waals surface area (Å²) in [6, 6.07) is 0.977. The zero-order valence-corrected chi connectivity index (χ0v) is 31.6. The van der Waals surface area contributed by atoms with Crippen LogP contribution in [0.1, 0.15) is 72.3 Å². The van der Waals surface area contributed by atoms with E-state index in [1.165, 1.54) is 30.6 Å². The van der Waals surface area contributed by atoms with Crippen LogP contribution in [0.3, 0.4) is 0 Å². The first-order chi connectivity index (χ1) is 25.6. The molecule has 1 aromatic rings. The highest BCUT2D eigenvalue weighted by atomic mass is 16.3. The van der Waals surface area contributed by atoms with Crippen molar-refractivity contribution < 1.29 is 43.5 Å². The summed E-state index contributed by atoms with van der Waals surface area (Å²) in [5.74, 6) is -5.29. The molecule has 0 saturated carbocycles. The van der Waals surface area contributed by atoms with Crippen molar-refractivity contribution in [3.63, 3.8) is 0 Å². The van der Waals surface area contributed by atoms with E-state index in [4.69, 9.17) is 0 Å². The Balaban J connectivity index is 1.67. The number of hydrogen-bond donors (Lipinski definition) is 7. The number of fused-ring (bicyclic) bond motifs is 2. The standard InChI is InChI=1S/C37H54N8O9/c1-20(2)17-25-33(50)39-22(4)32(49)43-30(23(5)46)35(52)42-26(18-24-11-7-6-8-12-24)36(53)45-16-10-14-28(45)37(54)44-15-9-13-27(44)34(51)40-21(3)31(48)38-19-29(47)41-25/h6-8,11-12,20-23,25-28,30,46H,9-10,13-19H2,1-5H3,(H,38,48)(H,39,50)(H,40,51)(H,41,47)(H,42,52)(H,43,49)/t21-,22-,23+,25-,26+,27-,28-,30-/m0/s1. The molecule has 7 N–H and O–H groups in total. The van der Waals surface area contributed by atoms with Gasteiger partial charge in [0.1, 0.15) is 42.3 Å². The van der Waals surface area contributed by atoms with Crippen molar-refractivity contribution in [1.29, 1.82) is 0 Å². The lowest BCUT2D eigenvalue weighted by molar-refractivity contribution is -0.148. The van der Waals surface area contributed by atoms with Crippen molar-refractivity contribution in [2.45, 2.75) is 122 Å². The van der Waals surface area contributed by atoms with Gasteiger partial charge in [-0.15, -0.1) is 0 Å². The third-order valence-electron chi connectivity index (χ3n) is 9.91. The minimum Gasteiger partial charge on any atom is -0.391 e. The summed E-state index contributed by atoms with van der Waals surface area (Å²) in [7, 11) is 0. The van der Waals surface area contributed by atoms with Crippen LogP contribution in [0.5, 0.6) is 0 Å². The van der Waals surface area contributed by atoms with E-state index in [2.05, 4.69) is 31.9 Å². The number of benzene rings is 1. The zero-order chi connectivity index (χ0) is 39.7. The predicted molar refractivity (Wildman–Crippen MR) is 195 cm³/mol. The average Bonchev–Trinajstić information content (AvgIpc) is 3.82. The van der Waals surface area contributed by atoms with E-state index in [0.29, 0.717) is 31.2 Å². The number of hydrogen-bond acceptors (Lipinski definition) is 9. The molecule has 296 valence electrons. The number of carbonyl (C=O) groups is 8. The molecule has 4 rings (SSSR count). The van der Waals surface area contributed by atoms with Gasteiger partial charge in [0.15, 0.2) is 0 Å². The predicted octanol–water partition coefficient (Wildman–Crippen LogP) is -1.77. The highest BCUT2D eigenvalue weighted by Crippen LogP contribution is 2.26. The smallest absolute Gasteiger partial charge is 0.246 e. The minimum atomic E-state index is -1.54. The number of rotatable bonds is 5. The van der Waals surface area contributed by atoms with Crippen molar-refractivity contribution >= 4 is 47.3 Å². The fourth-order valence-corrected chi connectivity index (χ4v) is 7.00. The number of nitrogens with one attached hydrogen (secondary N) is 6. The van der Waals surface area contributed by atoms with Crippen LogP contribution in [0.25, 0.3) is 0 Å². The topological polar surface area (TPSA) is 235 Å². The van der Waals surface area contributed by atoms with E-state index in [0.717, 1.165) is 0 Å². The molecule has 0 bridgehead atoms. The van der Waals surface area contributed by atoms with Gasteiger partial charge in [-0.2, -0.15) is 0 Å². The second kappa shape index (κ2) is 18.8. The number of nitrogens with zero attached hydrogens (tertiary/aromatic N) is 2. The van der Waals surface area contributed by atoms with E-state index < -0.39 is 102 Å². The second-order valence-electron chi connectivity index (χ2n) is 14.8. The largest absolute Gasteiger partial charge is 0.391 e. The number of carbonyl (C=O) groups excluding carboxylic acids is 8. The van der Waals surface area contributed by atoms with Crippen LogP contribution < -0.4 is 31.9 Å². The Kier molecular flexibility index (Phi) is 14.5. The Morgan fingerprint density at radius 1 is 0.667 bits per heavy atom. The Morgan fingerprint density at radius 2 is 1.26 bits per heavy atom. The quantitative estimate of drug-likeness (QED) is 0.180. The first kappa shape index (κ1) is 41.7. The summed E-state index contributed by atoms with van der Waals surface area (Å²) in [6.45, 7) is 7.75. The molecule has 3 aliphatic heterocycles. The van der Waals surface area contributed by atoms with Gasteiger partial charge in [-0.25, -0.2) is 0 Å². The zero-order valence-electron chi connectivity index (χ0n) is 31.6. The Bertz CT molecular complexity index is 1570. The van der Waals surface area contributed by atoms with E-state index >= 15 is 0 Å². The maximum Gasteiger partial charge on any atom is 0.246 e. The van der Waals surface area contributed by atoms with Crippen molar-refractivity contribution in [3.8, 4) is 0 Å². The lowest BCUT2D eigenvalue weighted by atomic mass is 10.0. The van der Waals surface area contributed by atoms with E-state index in [1.54, 1.807) is 30.3 Å². The van der Waals surface area contributed by atoms with E-state index in [1.807, 2.05) is 13.8 Å². The monoisotopic (exact) mass is 754 g/mol. The Labute approximate surface area is 315 Å². The van der Waals surface area contributed by atoms with Crippen molar-refractivity contribution in [1.82, 2.24) is 41.7 Å². The molecule has 0 aromatic heterocycles. The average molecular weight is 755 g/mol. The fraction of sp³-hybridized carbons (Fsp3) is 0.622. The maximum atomic E-state index is 14.3. The summed E-state index contributed by atoms with van der Waals surface area (Å²) in [5, 5.41) is 26.0. The molecular formula is C37H54N8O9. The van der Waals surface area contributed by atoms with E-state index in [9.17, 15) is 43.5 Å². The third-order valence-corrected chi connectivity index (χ3v) is 9.91. The maximum absolute atomic E-state index is 14.3. The molecule has 3 aliphatic rings. The summed E-state index contributed by atoms with van der Waals surface area (Å²) in [4.78, 5) is 111. The molecular weight excluding hydrogens is 700 g/mol. The molecule has 0 spiro atoms. The molecule has 3 heterocycles. The first-order valence-electron chi connectivity index (χ1n) is 18.7. The molecule has 3 saturated heterocycles. The van der Waals surface area contributed by atoms with Crippen molar-refractivity contribution in [2.75, 3.05) is 19.6 Å². The normalized spacial score (nSPS) is 29.2. The van der Waals surface area contributed by atoms with Crippen molar-refractivity contribution in [3.05, 3.63) is 35.9 Å². The molecule has 17 heteroatoms.